The molecule has 1 aromatic heterocycles. The molecule has 4 heteroatoms. The standard InChI is InChI=1S/C13H12N2O2/c1-16-6-7-17-13-11(9-14)8-10-4-2-3-5-12(10)15-13/h2-5,8H,6-7H2,1H3. The zero-order valence-corrected chi connectivity index (χ0v) is 9.51. The van der Waals surface area contributed by atoms with Gasteiger partial charge < -0.3 is 9.47 Å². The van der Waals surface area contributed by atoms with Crippen molar-refractivity contribution in [2.24, 2.45) is 0 Å². The van der Waals surface area contributed by atoms with Gasteiger partial charge in [0.25, 0.3) is 0 Å². The molecular formula is C13H12N2O2. The molecule has 0 atom stereocenters. The van der Waals surface area contributed by atoms with Crippen LogP contribution in [0.1, 0.15) is 5.56 Å². The van der Waals surface area contributed by atoms with Gasteiger partial charge in [0.2, 0.25) is 5.88 Å². The van der Waals surface area contributed by atoms with Crippen molar-refractivity contribution in [3.05, 3.63) is 35.9 Å². The molecule has 1 aromatic carbocycles. The quantitative estimate of drug-likeness (QED) is 0.752. The Morgan fingerprint density at radius 1 is 1.29 bits per heavy atom. The minimum atomic E-state index is 0.364. The van der Waals surface area contributed by atoms with Gasteiger partial charge in [0, 0.05) is 12.5 Å². The van der Waals surface area contributed by atoms with Gasteiger partial charge in [-0.05, 0) is 12.1 Å². The lowest BCUT2D eigenvalue weighted by Gasteiger charge is -2.07. The van der Waals surface area contributed by atoms with Crippen molar-refractivity contribution >= 4 is 10.9 Å². The highest BCUT2D eigenvalue weighted by molar-refractivity contribution is 5.80. The molecule has 17 heavy (non-hydrogen) atoms. The number of hydrogen-bond donors (Lipinski definition) is 0. The molecule has 0 aliphatic carbocycles. The highest BCUT2D eigenvalue weighted by Crippen LogP contribution is 2.21. The molecule has 0 saturated heterocycles. The molecule has 0 unspecified atom stereocenters. The van der Waals surface area contributed by atoms with E-state index >= 15 is 0 Å². The van der Waals surface area contributed by atoms with Crippen LogP contribution in [0, 0.1) is 11.3 Å². The Hall–Kier alpha value is -2.12. The first-order chi connectivity index (χ1) is 8.35. The molecule has 86 valence electrons. The van der Waals surface area contributed by atoms with Gasteiger partial charge in [-0.3, -0.25) is 0 Å². The summed E-state index contributed by atoms with van der Waals surface area (Å²) in [6.45, 7) is 0.857. The van der Waals surface area contributed by atoms with Gasteiger partial charge in [0.05, 0.1) is 12.1 Å². The van der Waals surface area contributed by atoms with E-state index < -0.39 is 0 Å². The van der Waals surface area contributed by atoms with Crippen LogP contribution < -0.4 is 4.74 Å². The SMILES string of the molecule is COCCOc1nc2ccccc2cc1C#N. The Bertz CT molecular complexity index is 561. The number of nitriles is 1. The van der Waals surface area contributed by atoms with Crippen LogP contribution in [0.15, 0.2) is 30.3 Å². The van der Waals surface area contributed by atoms with E-state index in [0.29, 0.717) is 24.7 Å². The van der Waals surface area contributed by atoms with E-state index in [9.17, 15) is 0 Å². The van der Waals surface area contributed by atoms with Crippen molar-refractivity contribution in [2.75, 3.05) is 20.3 Å². The predicted octanol–water partition coefficient (Wildman–Crippen LogP) is 2.13. The summed E-state index contributed by atoms with van der Waals surface area (Å²) >= 11 is 0. The maximum Gasteiger partial charge on any atom is 0.232 e. The summed E-state index contributed by atoms with van der Waals surface area (Å²) in [6, 6.07) is 11.5. The Kier molecular flexibility index (Phi) is 3.53. The lowest BCUT2D eigenvalue weighted by Crippen LogP contribution is -2.06. The van der Waals surface area contributed by atoms with Crippen LogP contribution in [0.5, 0.6) is 5.88 Å². The second-order valence-corrected chi connectivity index (χ2v) is 3.49. The summed E-state index contributed by atoms with van der Waals surface area (Å²) < 4.78 is 10.3. The number of pyridine rings is 1. The molecule has 0 fully saturated rings. The number of fused-ring (bicyclic) bond motifs is 1. The number of ether oxygens (including phenoxy) is 2. The van der Waals surface area contributed by atoms with Gasteiger partial charge in [-0.15, -0.1) is 0 Å². The largest absolute Gasteiger partial charge is 0.474 e. The highest BCUT2D eigenvalue weighted by Gasteiger charge is 2.07. The van der Waals surface area contributed by atoms with E-state index in [4.69, 9.17) is 14.7 Å². The van der Waals surface area contributed by atoms with E-state index in [2.05, 4.69) is 11.1 Å². The van der Waals surface area contributed by atoms with Gasteiger partial charge in [-0.25, -0.2) is 4.98 Å². The van der Waals surface area contributed by atoms with Crippen molar-refractivity contribution < 1.29 is 9.47 Å². The third-order valence-electron chi connectivity index (χ3n) is 2.34. The highest BCUT2D eigenvalue weighted by atomic mass is 16.5. The fourth-order valence-corrected chi connectivity index (χ4v) is 1.51. The van der Waals surface area contributed by atoms with Crippen LogP contribution in [-0.2, 0) is 4.74 Å². The molecule has 4 nitrogen and oxygen atoms in total. The number of benzene rings is 1. The molecule has 0 amide bonds. The normalized spacial score (nSPS) is 10.1. The number of nitrogens with zero attached hydrogens (tertiary/aromatic N) is 2. The minimum Gasteiger partial charge on any atom is -0.474 e. The first-order valence-corrected chi connectivity index (χ1v) is 5.27. The van der Waals surface area contributed by atoms with Crippen LogP contribution in [0.25, 0.3) is 10.9 Å². The molecule has 0 bridgehead atoms. The van der Waals surface area contributed by atoms with Crippen LogP contribution in [-0.4, -0.2) is 25.3 Å². The summed E-state index contributed by atoms with van der Waals surface area (Å²) in [4.78, 5) is 4.32. The topological polar surface area (TPSA) is 55.1 Å². The first kappa shape index (κ1) is 11.4. The summed E-state index contributed by atoms with van der Waals surface area (Å²) in [6.07, 6.45) is 0. The number of para-hydroxylation sites is 1. The second-order valence-electron chi connectivity index (χ2n) is 3.49. The molecule has 0 spiro atoms. The lowest BCUT2D eigenvalue weighted by molar-refractivity contribution is 0.144. The molecule has 1 heterocycles. The average molecular weight is 228 g/mol. The fourth-order valence-electron chi connectivity index (χ4n) is 1.51. The van der Waals surface area contributed by atoms with Gasteiger partial charge in [0.1, 0.15) is 18.2 Å². The molecule has 2 aromatic rings. The summed E-state index contributed by atoms with van der Waals surface area (Å²) in [5, 5.41) is 9.97. The average Bonchev–Trinajstić information content (AvgIpc) is 2.38. The number of aromatic nitrogens is 1. The zero-order chi connectivity index (χ0) is 12.1. The van der Waals surface area contributed by atoms with Gasteiger partial charge >= 0.3 is 0 Å². The Morgan fingerprint density at radius 2 is 2.12 bits per heavy atom. The van der Waals surface area contributed by atoms with E-state index in [0.717, 1.165) is 10.9 Å². The van der Waals surface area contributed by atoms with Crippen LogP contribution in [0.4, 0.5) is 0 Å². The number of hydrogen-bond acceptors (Lipinski definition) is 4. The van der Waals surface area contributed by atoms with Crippen molar-refractivity contribution in [1.29, 1.82) is 5.26 Å². The third kappa shape index (κ3) is 2.52. The second kappa shape index (κ2) is 5.28. The third-order valence-corrected chi connectivity index (χ3v) is 2.34. The maximum atomic E-state index is 9.03. The molecule has 2 rings (SSSR count). The van der Waals surface area contributed by atoms with E-state index in [1.54, 1.807) is 13.2 Å². The van der Waals surface area contributed by atoms with Gasteiger partial charge in [-0.1, -0.05) is 18.2 Å². The Labute approximate surface area is 99.4 Å². The first-order valence-electron chi connectivity index (χ1n) is 5.27. The number of methoxy groups -OCH3 is 1. The maximum absolute atomic E-state index is 9.03. The molecule has 0 saturated carbocycles. The van der Waals surface area contributed by atoms with Crippen LogP contribution >= 0.6 is 0 Å². The minimum absolute atomic E-state index is 0.364. The van der Waals surface area contributed by atoms with E-state index in [-0.39, 0.29) is 0 Å². The monoisotopic (exact) mass is 228 g/mol. The Morgan fingerprint density at radius 3 is 2.88 bits per heavy atom. The van der Waals surface area contributed by atoms with Crippen LogP contribution in [0.3, 0.4) is 0 Å². The predicted molar refractivity (Wildman–Crippen MR) is 63.8 cm³/mol. The zero-order valence-electron chi connectivity index (χ0n) is 9.51. The molecule has 0 aliphatic heterocycles. The molecule has 0 aliphatic rings. The summed E-state index contributed by atoms with van der Waals surface area (Å²) in [5.74, 6) is 0.364. The summed E-state index contributed by atoms with van der Waals surface area (Å²) in [7, 11) is 1.60. The van der Waals surface area contributed by atoms with Gasteiger partial charge in [0.15, 0.2) is 0 Å². The van der Waals surface area contributed by atoms with Crippen molar-refractivity contribution in [2.45, 2.75) is 0 Å². The lowest BCUT2D eigenvalue weighted by atomic mass is 10.1. The summed E-state index contributed by atoms with van der Waals surface area (Å²) in [5.41, 5.74) is 1.26. The smallest absolute Gasteiger partial charge is 0.232 e. The molecule has 0 N–H and O–H groups in total. The van der Waals surface area contributed by atoms with E-state index in [1.165, 1.54) is 0 Å². The van der Waals surface area contributed by atoms with Gasteiger partial charge in [-0.2, -0.15) is 5.26 Å². The van der Waals surface area contributed by atoms with Crippen LogP contribution in [0.2, 0.25) is 0 Å². The Balaban J connectivity index is 2.36. The molecular weight excluding hydrogens is 216 g/mol. The van der Waals surface area contributed by atoms with Crippen molar-refractivity contribution in [3.8, 4) is 11.9 Å². The number of rotatable bonds is 4. The van der Waals surface area contributed by atoms with Crippen molar-refractivity contribution in [1.82, 2.24) is 4.98 Å². The molecule has 0 radical (unpaired) electrons. The van der Waals surface area contributed by atoms with E-state index in [1.807, 2.05) is 24.3 Å². The van der Waals surface area contributed by atoms with Crippen molar-refractivity contribution in [3.63, 3.8) is 0 Å². The fraction of sp³-hybridized carbons (Fsp3) is 0.231.